The van der Waals surface area contributed by atoms with Crippen molar-refractivity contribution in [3.05, 3.63) is 59.7 Å². The van der Waals surface area contributed by atoms with E-state index >= 15 is 0 Å². The van der Waals surface area contributed by atoms with Crippen molar-refractivity contribution in [1.82, 2.24) is 20.2 Å². The van der Waals surface area contributed by atoms with E-state index in [-0.39, 0.29) is 24.0 Å². The van der Waals surface area contributed by atoms with Gasteiger partial charge in [0, 0.05) is 18.2 Å². The summed E-state index contributed by atoms with van der Waals surface area (Å²) in [6.07, 6.45) is 0.154. The van der Waals surface area contributed by atoms with Crippen molar-refractivity contribution in [2.75, 3.05) is 13.1 Å². The maximum absolute atomic E-state index is 12.7. The summed E-state index contributed by atoms with van der Waals surface area (Å²) in [5, 5.41) is 2.81. The second kappa shape index (κ2) is 8.52. The molecular formula is C20H24F2N4O. The van der Waals surface area contributed by atoms with Crippen molar-refractivity contribution in [1.29, 1.82) is 0 Å². The van der Waals surface area contributed by atoms with Crippen molar-refractivity contribution >= 4 is 5.91 Å². The maximum atomic E-state index is 12.7. The molecule has 1 amide bonds. The number of hydrogen-bond acceptors (Lipinski definition) is 4. The van der Waals surface area contributed by atoms with Crippen LogP contribution < -0.4 is 5.32 Å². The van der Waals surface area contributed by atoms with Crippen molar-refractivity contribution in [3.63, 3.8) is 0 Å². The van der Waals surface area contributed by atoms with E-state index in [1.807, 2.05) is 25.1 Å². The molecule has 1 saturated heterocycles. The predicted molar refractivity (Wildman–Crippen MR) is 97.9 cm³/mol. The Morgan fingerprint density at radius 2 is 1.93 bits per heavy atom. The molecular weight excluding hydrogens is 350 g/mol. The first-order chi connectivity index (χ1) is 13.0. The molecule has 0 atom stereocenters. The topological polar surface area (TPSA) is 58.1 Å². The third-order valence-corrected chi connectivity index (χ3v) is 5.11. The minimum Gasteiger partial charge on any atom is -0.348 e. The fourth-order valence-corrected chi connectivity index (χ4v) is 3.27. The van der Waals surface area contributed by atoms with Crippen LogP contribution in [0.25, 0.3) is 0 Å². The highest BCUT2D eigenvalue weighted by Crippen LogP contribution is 2.31. The van der Waals surface area contributed by atoms with Gasteiger partial charge in [0.1, 0.15) is 11.5 Å². The Morgan fingerprint density at radius 3 is 2.59 bits per heavy atom. The number of carbonyl (C=O) groups excluding carboxylic acids is 1. The van der Waals surface area contributed by atoms with Crippen LogP contribution in [0.4, 0.5) is 8.78 Å². The lowest BCUT2D eigenvalue weighted by atomic mass is 9.79. The lowest BCUT2D eigenvalue weighted by molar-refractivity contribution is -0.133. The molecule has 2 heterocycles. The molecule has 1 aromatic heterocycles. The lowest BCUT2D eigenvalue weighted by Gasteiger charge is -2.38. The monoisotopic (exact) mass is 374 g/mol. The average molecular weight is 374 g/mol. The molecule has 1 fully saturated rings. The Labute approximate surface area is 157 Å². The summed E-state index contributed by atoms with van der Waals surface area (Å²) in [5.74, 6) is 0.124. The molecule has 1 aliphatic heterocycles. The fraction of sp³-hybridized carbons (Fsp3) is 0.450. The molecule has 7 heteroatoms. The molecule has 0 unspecified atom stereocenters. The Hall–Kier alpha value is -2.41. The highest BCUT2D eigenvalue weighted by atomic mass is 19.3. The van der Waals surface area contributed by atoms with Crippen molar-refractivity contribution < 1.29 is 13.6 Å². The predicted octanol–water partition coefficient (Wildman–Crippen LogP) is 3.33. The van der Waals surface area contributed by atoms with Crippen LogP contribution in [0.15, 0.2) is 42.6 Å². The van der Waals surface area contributed by atoms with E-state index in [4.69, 9.17) is 0 Å². The second-order valence-electron chi connectivity index (χ2n) is 7.20. The van der Waals surface area contributed by atoms with Crippen LogP contribution in [-0.2, 0) is 17.9 Å². The number of amides is 1. The zero-order valence-corrected chi connectivity index (χ0v) is 15.4. The number of aromatic nitrogens is 2. The van der Waals surface area contributed by atoms with Gasteiger partial charge in [-0.25, -0.2) is 18.7 Å². The molecule has 2 aromatic rings. The molecule has 0 radical (unpaired) electrons. The van der Waals surface area contributed by atoms with Crippen LogP contribution in [0.2, 0.25) is 0 Å². The summed E-state index contributed by atoms with van der Waals surface area (Å²) in [5.41, 5.74) is 0.476. The quantitative estimate of drug-likeness (QED) is 0.843. The van der Waals surface area contributed by atoms with Crippen molar-refractivity contribution in [2.24, 2.45) is 5.41 Å². The average Bonchev–Trinajstić information content (AvgIpc) is 2.69. The molecule has 144 valence electrons. The smallest absolute Gasteiger partial charge is 0.280 e. The number of nitrogens with zero attached hydrogens (tertiary/aromatic N) is 3. The molecule has 0 bridgehead atoms. The highest BCUT2D eigenvalue weighted by molar-refractivity contribution is 5.82. The Bertz CT molecular complexity index is 762. The number of alkyl halides is 2. The first-order valence-corrected chi connectivity index (χ1v) is 9.11. The first-order valence-electron chi connectivity index (χ1n) is 9.11. The normalized spacial score (nSPS) is 17.0. The van der Waals surface area contributed by atoms with Gasteiger partial charge in [0.05, 0.1) is 6.54 Å². The van der Waals surface area contributed by atoms with Crippen LogP contribution in [0.5, 0.6) is 0 Å². The summed E-state index contributed by atoms with van der Waals surface area (Å²) < 4.78 is 25.4. The van der Waals surface area contributed by atoms with Gasteiger partial charge >= 0.3 is 0 Å². The number of likely N-dealkylation sites (tertiary alicyclic amines) is 1. The van der Waals surface area contributed by atoms with Gasteiger partial charge < -0.3 is 5.32 Å². The number of halogens is 2. The third kappa shape index (κ3) is 5.07. The number of carbonyl (C=O) groups is 1. The van der Waals surface area contributed by atoms with Gasteiger partial charge in [-0.1, -0.05) is 37.3 Å². The van der Waals surface area contributed by atoms with Crippen LogP contribution >= 0.6 is 0 Å². The highest BCUT2D eigenvalue weighted by Gasteiger charge is 2.36. The molecule has 1 N–H and O–H groups in total. The van der Waals surface area contributed by atoms with E-state index in [9.17, 15) is 13.6 Å². The summed E-state index contributed by atoms with van der Waals surface area (Å²) in [6.45, 7) is 4.58. The molecule has 0 aliphatic carbocycles. The van der Waals surface area contributed by atoms with Gasteiger partial charge in [-0.05, 0) is 37.6 Å². The number of piperidine rings is 1. The zero-order chi connectivity index (χ0) is 19.3. The van der Waals surface area contributed by atoms with Crippen LogP contribution in [0.1, 0.15) is 43.3 Å². The molecule has 0 spiro atoms. The molecule has 3 rings (SSSR count). The minimum absolute atomic E-state index is 0.0582. The van der Waals surface area contributed by atoms with Gasteiger partial charge in [-0.2, -0.15) is 0 Å². The van der Waals surface area contributed by atoms with E-state index in [1.165, 1.54) is 17.8 Å². The summed E-state index contributed by atoms with van der Waals surface area (Å²) >= 11 is 0. The largest absolute Gasteiger partial charge is 0.348 e. The van der Waals surface area contributed by atoms with Gasteiger partial charge in [-0.15, -0.1) is 0 Å². The Kier molecular flexibility index (Phi) is 6.11. The second-order valence-corrected chi connectivity index (χ2v) is 7.20. The SMILES string of the molecule is CC1(C(=O)NCc2nccc(C(F)F)n2)CCN(Cc2ccccc2)CC1. The Morgan fingerprint density at radius 1 is 1.22 bits per heavy atom. The van der Waals surface area contributed by atoms with E-state index in [1.54, 1.807) is 0 Å². The van der Waals surface area contributed by atoms with Gasteiger partial charge in [0.2, 0.25) is 5.91 Å². The van der Waals surface area contributed by atoms with Gasteiger partial charge in [-0.3, -0.25) is 9.69 Å². The van der Waals surface area contributed by atoms with E-state index in [0.717, 1.165) is 32.5 Å². The first kappa shape index (κ1) is 19.4. The van der Waals surface area contributed by atoms with Crippen LogP contribution in [0.3, 0.4) is 0 Å². The van der Waals surface area contributed by atoms with Crippen LogP contribution in [-0.4, -0.2) is 33.9 Å². The number of nitrogens with one attached hydrogen (secondary N) is 1. The molecule has 1 aliphatic rings. The molecule has 0 saturated carbocycles. The lowest BCUT2D eigenvalue weighted by Crippen LogP contribution is -2.47. The maximum Gasteiger partial charge on any atom is 0.280 e. The van der Waals surface area contributed by atoms with Crippen LogP contribution in [0, 0.1) is 5.41 Å². The van der Waals surface area contributed by atoms with Crippen molar-refractivity contribution in [3.8, 4) is 0 Å². The van der Waals surface area contributed by atoms with E-state index in [2.05, 4.69) is 32.3 Å². The third-order valence-electron chi connectivity index (χ3n) is 5.11. The number of rotatable bonds is 6. The van der Waals surface area contributed by atoms with E-state index in [0.29, 0.717) is 0 Å². The minimum atomic E-state index is -2.64. The van der Waals surface area contributed by atoms with Gasteiger partial charge in [0.25, 0.3) is 6.43 Å². The number of hydrogen-bond donors (Lipinski definition) is 1. The Balaban J connectivity index is 1.51. The summed E-state index contributed by atoms with van der Waals surface area (Å²) in [4.78, 5) is 22.7. The summed E-state index contributed by atoms with van der Waals surface area (Å²) in [6, 6.07) is 11.5. The zero-order valence-electron chi connectivity index (χ0n) is 15.4. The number of benzene rings is 1. The molecule has 27 heavy (non-hydrogen) atoms. The fourth-order valence-electron chi connectivity index (χ4n) is 3.27. The summed E-state index contributed by atoms with van der Waals surface area (Å²) in [7, 11) is 0. The molecule has 1 aromatic carbocycles. The van der Waals surface area contributed by atoms with Gasteiger partial charge in [0.15, 0.2) is 0 Å². The molecule has 5 nitrogen and oxygen atoms in total. The standard InChI is InChI=1S/C20H24F2N4O/c1-20(8-11-26(12-9-20)14-15-5-3-2-4-6-15)19(27)24-13-17-23-10-7-16(25-17)18(21)22/h2-7,10,18H,8-9,11-14H2,1H3,(H,24,27). The van der Waals surface area contributed by atoms with Crippen molar-refractivity contribution in [2.45, 2.75) is 39.3 Å². The van der Waals surface area contributed by atoms with E-state index < -0.39 is 11.8 Å².